The van der Waals surface area contributed by atoms with Crippen LogP contribution >= 0.6 is 0 Å². The van der Waals surface area contributed by atoms with Crippen LogP contribution < -0.4 is 19.5 Å². The number of anilines is 1. The maximum Gasteiger partial charge on any atom is 0.226 e. The predicted octanol–water partition coefficient (Wildman–Crippen LogP) is 4.99. The summed E-state index contributed by atoms with van der Waals surface area (Å²) in [5.41, 5.74) is 4.37. The molecule has 3 aromatic carbocycles. The lowest BCUT2D eigenvalue weighted by Crippen LogP contribution is -2.32. The van der Waals surface area contributed by atoms with E-state index < -0.39 is 6.10 Å². The minimum absolute atomic E-state index is 0.304. The van der Waals surface area contributed by atoms with Crippen molar-refractivity contribution in [3.05, 3.63) is 101 Å². The van der Waals surface area contributed by atoms with Gasteiger partial charge in [-0.2, -0.15) is 10.1 Å². The van der Waals surface area contributed by atoms with Gasteiger partial charge in [0.25, 0.3) is 0 Å². The summed E-state index contributed by atoms with van der Waals surface area (Å²) in [7, 11) is 3.25. The molecule has 0 amide bonds. The standard InChI is InChI=1S/C26H21FN4O3/c1-32-17-11-12-20(33-2)19(13-17)25-22-23(18-5-3-4-6-21(18)34-25)30-26-28-14-29-31(26)24(22)15-7-9-16(27)10-8-15/h3-14,24-25H,1-2H3,(H,28,29,30). The van der Waals surface area contributed by atoms with Gasteiger partial charge >= 0.3 is 0 Å². The van der Waals surface area contributed by atoms with Crippen LogP contribution in [0.5, 0.6) is 17.2 Å². The maximum absolute atomic E-state index is 13.8. The minimum Gasteiger partial charge on any atom is -0.497 e. The van der Waals surface area contributed by atoms with Crippen LogP contribution in [-0.4, -0.2) is 29.0 Å². The molecule has 6 rings (SSSR count). The molecule has 4 aromatic rings. The number of ether oxygens (including phenoxy) is 3. The average molecular weight is 456 g/mol. The van der Waals surface area contributed by atoms with E-state index in [1.54, 1.807) is 31.0 Å². The van der Waals surface area contributed by atoms with E-state index in [4.69, 9.17) is 14.2 Å². The summed E-state index contributed by atoms with van der Waals surface area (Å²) in [4.78, 5) is 4.42. The number of halogens is 1. The minimum atomic E-state index is -0.533. The number of fused-ring (bicyclic) bond motifs is 3. The summed E-state index contributed by atoms with van der Waals surface area (Å²) in [5.74, 6) is 2.38. The van der Waals surface area contributed by atoms with Crippen LogP contribution in [0, 0.1) is 5.82 Å². The summed E-state index contributed by atoms with van der Waals surface area (Å²) < 4.78 is 33.5. The van der Waals surface area contributed by atoms with Gasteiger partial charge in [0.15, 0.2) is 6.10 Å². The molecule has 7 nitrogen and oxygen atoms in total. The van der Waals surface area contributed by atoms with Crippen molar-refractivity contribution < 1.29 is 18.6 Å². The molecule has 0 spiro atoms. The van der Waals surface area contributed by atoms with E-state index in [0.29, 0.717) is 17.4 Å². The van der Waals surface area contributed by atoms with Crippen LogP contribution in [0.1, 0.15) is 28.8 Å². The third-order valence-electron chi connectivity index (χ3n) is 6.23. The Hall–Kier alpha value is -4.33. The molecule has 2 atom stereocenters. The topological polar surface area (TPSA) is 70.4 Å². The second-order valence-corrected chi connectivity index (χ2v) is 8.04. The lowest BCUT2D eigenvalue weighted by atomic mass is 9.84. The largest absolute Gasteiger partial charge is 0.497 e. The van der Waals surface area contributed by atoms with Crippen molar-refractivity contribution in [1.29, 1.82) is 0 Å². The molecular weight excluding hydrogens is 435 g/mol. The van der Waals surface area contributed by atoms with Crippen LogP contribution in [0.2, 0.25) is 0 Å². The van der Waals surface area contributed by atoms with E-state index in [1.165, 1.54) is 18.5 Å². The number of aromatic nitrogens is 3. The van der Waals surface area contributed by atoms with Crippen molar-refractivity contribution in [2.24, 2.45) is 0 Å². The zero-order valence-corrected chi connectivity index (χ0v) is 18.5. The molecule has 34 heavy (non-hydrogen) atoms. The van der Waals surface area contributed by atoms with Crippen LogP contribution in [0.15, 0.2) is 78.6 Å². The monoisotopic (exact) mass is 456 g/mol. The van der Waals surface area contributed by atoms with E-state index >= 15 is 0 Å². The highest BCUT2D eigenvalue weighted by Crippen LogP contribution is 2.52. The van der Waals surface area contributed by atoms with Gasteiger partial charge in [0.2, 0.25) is 5.95 Å². The Labute approximate surface area is 195 Å². The Morgan fingerprint density at radius 1 is 1.00 bits per heavy atom. The van der Waals surface area contributed by atoms with Crippen molar-refractivity contribution in [1.82, 2.24) is 14.8 Å². The number of para-hydroxylation sites is 1. The van der Waals surface area contributed by atoms with Crippen LogP contribution in [0.3, 0.4) is 0 Å². The van der Waals surface area contributed by atoms with Gasteiger partial charge in [-0.05, 0) is 48.0 Å². The third-order valence-corrected chi connectivity index (χ3v) is 6.23. The smallest absolute Gasteiger partial charge is 0.226 e. The third kappa shape index (κ3) is 3.10. The van der Waals surface area contributed by atoms with E-state index in [0.717, 1.165) is 33.7 Å². The van der Waals surface area contributed by atoms with E-state index in [2.05, 4.69) is 15.4 Å². The molecule has 0 radical (unpaired) electrons. The molecule has 8 heteroatoms. The number of nitrogens with zero attached hydrogens (tertiary/aromatic N) is 3. The summed E-state index contributed by atoms with van der Waals surface area (Å²) >= 11 is 0. The van der Waals surface area contributed by atoms with Crippen LogP contribution in [0.4, 0.5) is 10.3 Å². The zero-order chi connectivity index (χ0) is 23.2. The molecule has 0 saturated carbocycles. The van der Waals surface area contributed by atoms with Crippen molar-refractivity contribution in [2.45, 2.75) is 12.1 Å². The van der Waals surface area contributed by atoms with Gasteiger partial charge in [-0.25, -0.2) is 9.07 Å². The van der Waals surface area contributed by atoms with Gasteiger partial charge < -0.3 is 19.5 Å². The lowest BCUT2D eigenvalue weighted by Gasteiger charge is -2.39. The molecule has 2 unspecified atom stereocenters. The fourth-order valence-corrected chi connectivity index (χ4v) is 4.69. The molecule has 170 valence electrons. The predicted molar refractivity (Wildman–Crippen MR) is 124 cm³/mol. The van der Waals surface area contributed by atoms with Gasteiger partial charge in [0, 0.05) is 16.7 Å². The second-order valence-electron chi connectivity index (χ2n) is 8.04. The fraction of sp³-hybridized carbons (Fsp3) is 0.154. The summed E-state index contributed by atoms with van der Waals surface area (Å²) in [6, 6.07) is 19.5. The van der Waals surface area contributed by atoms with Crippen molar-refractivity contribution >= 4 is 11.6 Å². The first-order valence-electron chi connectivity index (χ1n) is 10.8. The number of rotatable bonds is 4. The number of benzene rings is 3. The Kier molecular flexibility index (Phi) is 4.72. The van der Waals surface area contributed by atoms with Crippen LogP contribution in [-0.2, 0) is 0 Å². The molecule has 3 heterocycles. The van der Waals surface area contributed by atoms with Gasteiger partial charge in [-0.3, -0.25) is 0 Å². The summed E-state index contributed by atoms with van der Waals surface area (Å²) in [6.07, 6.45) is 0.973. The molecular formula is C26H21FN4O3. The summed E-state index contributed by atoms with van der Waals surface area (Å²) in [6.45, 7) is 0. The first-order valence-corrected chi connectivity index (χ1v) is 10.8. The van der Waals surface area contributed by atoms with Crippen LogP contribution in [0.25, 0.3) is 5.70 Å². The number of hydrogen-bond donors (Lipinski definition) is 1. The molecule has 2 aliphatic rings. The Bertz CT molecular complexity index is 1410. The number of methoxy groups -OCH3 is 2. The molecule has 0 bridgehead atoms. The Morgan fingerprint density at radius 2 is 1.82 bits per heavy atom. The average Bonchev–Trinajstić information content (AvgIpc) is 3.35. The SMILES string of the molecule is COc1ccc(OC)c(C2Oc3ccccc3C3=C2C(c2ccc(F)cc2)n2ncnc2N3)c1. The second kappa shape index (κ2) is 7.91. The quantitative estimate of drug-likeness (QED) is 0.466. The molecule has 0 fully saturated rings. The fourth-order valence-electron chi connectivity index (χ4n) is 4.69. The zero-order valence-electron chi connectivity index (χ0n) is 18.5. The summed E-state index contributed by atoms with van der Waals surface area (Å²) in [5, 5.41) is 7.95. The number of nitrogens with one attached hydrogen (secondary N) is 1. The molecule has 0 aliphatic carbocycles. The molecule has 0 saturated heterocycles. The van der Waals surface area contributed by atoms with Crippen molar-refractivity contribution in [3.8, 4) is 17.2 Å². The Balaban J connectivity index is 1.64. The van der Waals surface area contributed by atoms with E-state index in [9.17, 15) is 4.39 Å². The maximum atomic E-state index is 13.8. The van der Waals surface area contributed by atoms with E-state index in [1.807, 2.05) is 42.5 Å². The molecule has 1 N–H and O–H groups in total. The number of hydrogen-bond acceptors (Lipinski definition) is 6. The highest BCUT2D eigenvalue weighted by atomic mass is 19.1. The highest BCUT2D eigenvalue weighted by Gasteiger charge is 2.41. The van der Waals surface area contributed by atoms with Gasteiger partial charge in [-0.15, -0.1) is 0 Å². The molecule has 1 aromatic heterocycles. The first-order chi connectivity index (χ1) is 16.7. The Morgan fingerprint density at radius 3 is 2.62 bits per heavy atom. The van der Waals surface area contributed by atoms with Gasteiger partial charge in [0.1, 0.15) is 35.4 Å². The molecule has 2 aliphatic heterocycles. The van der Waals surface area contributed by atoms with Crippen molar-refractivity contribution in [2.75, 3.05) is 19.5 Å². The van der Waals surface area contributed by atoms with Gasteiger partial charge in [-0.1, -0.05) is 24.3 Å². The van der Waals surface area contributed by atoms with E-state index in [-0.39, 0.29) is 11.9 Å². The normalized spacial score (nSPS) is 18.2. The van der Waals surface area contributed by atoms with Gasteiger partial charge in [0.05, 0.1) is 19.9 Å². The van der Waals surface area contributed by atoms with Crippen molar-refractivity contribution in [3.63, 3.8) is 0 Å². The highest BCUT2D eigenvalue weighted by molar-refractivity contribution is 5.85. The first kappa shape index (κ1) is 20.3. The lowest BCUT2D eigenvalue weighted by molar-refractivity contribution is 0.217.